The zero-order valence-corrected chi connectivity index (χ0v) is 11.0. The Morgan fingerprint density at radius 2 is 1.90 bits per heavy atom. The van der Waals surface area contributed by atoms with Gasteiger partial charge in [-0.05, 0) is 18.6 Å². The number of amides is 2. The molecule has 6 nitrogen and oxygen atoms in total. The van der Waals surface area contributed by atoms with E-state index in [1.807, 2.05) is 0 Å². The topological polar surface area (TPSA) is 86.7 Å². The Labute approximate surface area is 118 Å². The number of carbonyl (C=O) groups is 3. The molecule has 1 saturated heterocycles. The summed E-state index contributed by atoms with van der Waals surface area (Å²) in [5, 5.41) is 11.1. The maximum Gasteiger partial charge on any atom is 0.335 e. The van der Waals surface area contributed by atoms with Crippen molar-refractivity contribution < 1.29 is 28.3 Å². The van der Waals surface area contributed by atoms with Crippen LogP contribution in [0.4, 0.5) is 14.5 Å². The molecule has 0 bridgehead atoms. The SMILES string of the molecule is CN1C(=O)CCC(Nc2c(F)cc(C(=O)O)cc2F)C1=O. The van der Waals surface area contributed by atoms with E-state index in [1.54, 1.807) is 0 Å². The summed E-state index contributed by atoms with van der Waals surface area (Å²) in [6, 6.07) is 0.388. The molecule has 21 heavy (non-hydrogen) atoms. The summed E-state index contributed by atoms with van der Waals surface area (Å²) >= 11 is 0. The Hall–Kier alpha value is -2.51. The fraction of sp³-hybridized carbons (Fsp3) is 0.308. The zero-order valence-electron chi connectivity index (χ0n) is 11.0. The Balaban J connectivity index is 2.26. The lowest BCUT2D eigenvalue weighted by Crippen LogP contribution is -2.48. The summed E-state index contributed by atoms with van der Waals surface area (Å²) in [4.78, 5) is 34.7. The molecular formula is C13H12F2N2O4. The predicted molar refractivity (Wildman–Crippen MR) is 67.7 cm³/mol. The van der Waals surface area contributed by atoms with Crippen molar-refractivity contribution in [2.75, 3.05) is 12.4 Å². The summed E-state index contributed by atoms with van der Waals surface area (Å²) in [5.74, 6) is -4.63. The number of nitrogens with one attached hydrogen (secondary N) is 1. The summed E-state index contributed by atoms with van der Waals surface area (Å²) in [6.45, 7) is 0. The van der Waals surface area contributed by atoms with Crippen molar-refractivity contribution in [1.82, 2.24) is 4.90 Å². The highest BCUT2D eigenvalue weighted by atomic mass is 19.1. The highest BCUT2D eigenvalue weighted by Crippen LogP contribution is 2.24. The number of hydrogen-bond donors (Lipinski definition) is 2. The second kappa shape index (κ2) is 5.47. The van der Waals surface area contributed by atoms with E-state index >= 15 is 0 Å². The number of likely N-dealkylation sites (tertiary alicyclic amines) is 1. The van der Waals surface area contributed by atoms with Crippen LogP contribution in [-0.4, -0.2) is 40.9 Å². The number of imide groups is 1. The van der Waals surface area contributed by atoms with Crippen LogP contribution in [0.5, 0.6) is 0 Å². The molecule has 2 amide bonds. The smallest absolute Gasteiger partial charge is 0.335 e. The molecular weight excluding hydrogens is 286 g/mol. The molecule has 1 fully saturated rings. The van der Waals surface area contributed by atoms with E-state index in [-0.39, 0.29) is 18.7 Å². The van der Waals surface area contributed by atoms with Crippen molar-refractivity contribution in [3.05, 3.63) is 29.3 Å². The van der Waals surface area contributed by atoms with Crippen LogP contribution in [0.25, 0.3) is 0 Å². The average molecular weight is 298 g/mol. The van der Waals surface area contributed by atoms with Gasteiger partial charge in [-0.1, -0.05) is 0 Å². The molecule has 0 spiro atoms. The number of carbonyl (C=O) groups excluding carboxylic acids is 2. The van der Waals surface area contributed by atoms with Crippen molar-refractivity contribution in [3.63, 3.8) is 0 Å². The average Bonchev–Trinajstić information content (AvgIpc) is 2.42. The van der Waals surface area contributed by atoms with Crippen LogP contribution in [0.15, 0.2) is 12.1 Å². The molecule has 2 rings (SSSR count). The third-order valence-corrected chi connectivity index (χ3v) is 3.26. The first-order valence-electron chi connectivity index (χ1n) is 6.10. The molecule has 112 valence electrons. The number of carboxylic acid groups (broad SMARTS) is 1. The first-order chi connectivity index (χ1) is 9.81. The van der Waals surface area contributed by atoms with Gasteiger partial charge in [-0.25, -0.2) is 13.6 Å². The molecule has 0 saturated carbocycles. The summed E-state index contributed by atoms with van der Waals surface area (Å²) in [7, 11) is 1.29. The monoisotopic (exact) mass is 298 g/mol. The van der Waals surface area contributed by atoms with Gasteiger partial charge < -0.3 is 10.4 Å². The Morgan fingerprint density at radius 3 is 2.43 bits per heavy atom. The van der Waals surface area contributed by atoms with Crippen LogP contribution >= 0.6 is 0 Å². The largest absolute Gasteiger partial charge is 0.478 e. The van der Waals surface area contributed by atoms with Crippen molar-refractivity contribution >= 4 is 23.5 Å². The lowest BCUT2D eigenvalue weighted by molar-refractivity contribution is -0.146. The first-order valence-corrected chi connectivity index (χ1v) is 6.10. The molecule has 1 aromatic carbocycles. The molecule has 0 aromatic heterocycles. The summed E-state index contributed by atoms with van der Waals surface area (Å²) in [6.07, 6.45) is 0.192. The molecule has 1 aliphatic rings. The van der Waals surface area contributed by atoms with Gasteiger partial charge in [-0.3, -0.25) is 14.5 Å². The van der Waals surface area contributed by atoms with Gasteiger partial charge in [-0.15, -0.1) is 0 Å². The molecule has 1 aliphatic heterocycles. The van der Waals surface area contributed by atoms with Gasteiger partial charge in [0.1, 0.15) is 23.4 Å². The number of piperidine rings is 1. The van der Waals surface area contributed by atoms with Crippen molar-refractivity contribution in [2.45, 2.75) is 18.9 Å². The Bertz CT molecular complexity index is 610. The minimum absolute atomic E-state index is 0.0797. The summed E-state index contributed by atoms with van der Waals surface area (Å²) < 4.78 is 27.5. The molecule has 1 aromatic rings. The predicted octanol–water partition coefficient (Wildman–Crippen LogP) is 1.22. The van der Waals surface area contributed by atoms with E-state index in [1.165, 1.54) is 7.05 Å². The Kier molecular flexibility index (Phi) is 3.88. The minimum Gasteiger partial charge on any atom is -0.478 e. The first kappa shape index (κ1) is 14.9. The quantitative estimate of drug-likeness (QED) is 0.819. The van der Waals surface area contributed by atoms with Gasteiger partial charge in [0.05, 0.1) is 5.56 Å². The highest BCUT2D eigenvalue weighted by Gasteiger charge is 2.32. The third-order valence-electron chi connectivity index (χ3n) is 3.26. The Morgan fingerprint density at radius 1 is 1.33 bits per heavy atom. The maximum absolute atomic E-state index is 13.8. The molecule has 0 aliphatic carbocycles. The normalized spacial score (nSPS) is 18.8. The van der Waals surface area contributed by atoms with Crippen LogP contribution < -0.4 is 5.32 Å². The molecule has 2 N–H and O–H groups in total. The number of rotatable bonds is 3. The van der Waals surface area contributed by atoms with Gasteiger partial charge in [0, 0.05) is 13.5 Å². The second-order valence-electron chi connectivity index (χ2n) is 4.65. The number of halogens is 2. The van der Waals surface area contributed by atoms with E-state index in [0.29, 0.717) is 12.1 Å². The van der Waals surface area contributed by atoms with Gasteiger partial charge in [-0.2, -0.15) is 0 Å². The second-order valence-corrected chi connectivity index (χ2v) is 4.65. The van der Waals surface area contributed by atoms with Gasteiger partial charge in [0.25, 0.3) is 5.91 Å². The van der Waals surface area contributed by atoms with Crippen LogP contribution in [0.3, 0.4) is 0 Å². The molecule has 1 heterocycles. The lowest BCUT2D eigenvalue weighted by atomic mass is 10.0. The number of hydrogen-bond acceptors (Lipinski definition) is 4. The molecule has 0 radical (unpaired) electrons. The van der Waals surface area contributed by atoms with E-state index in [0.717, 1.165) is 4.90 Å². The molecule has 1 unspecified atom stereocenters. The lowest BCUT2D eigenvalue weighted by Gasteiger charge is -2.29. The van der Waals surface area contributed by atoms with Crippen molar-refractivity contribution in [3.8, 4) is 0 Å². The van der Waals surface area contributed by atoms with Crippen molar-refractivity contribution in [1.29, 1.82) is 0 Å². The van der Waals surface area contributed by atoms with Crippen LogP contribution in [-0.2, 0) is 9.59 Å². The van der Waals surface area contributed by atoms with Crippen LogP contribution in [0.2, 0.25) is 0 Å². The van der Waals surface area contributed by atoms with Crippen LogP contribution in [0.1, 0.15) is 23.2 Å². The molecule has 8 heteroatoms. The number of benzene rings is 1. The third kappa shape index (κ3) is 2.83. The standard InChI is InChI=1S/C13H12F2N2O4/c1-17-10(18)3-2-9(12(17)19)16-11-7(14)4-6(13(20)21)5-8(11)15/h4-5,9,16H,2-3H2,1H3,(H,20,21). The maximum atomic E-state index is 13.8. The van der Waals surface area contributed by atoms with E-state index in [2.05, 4.69) is 5.32 Å². The number of nitrogens with zero attached hydrogens (tertiary/aromatic N) is 1. The van der Waals surface area contributed by atoms with E-state index in [4.69, 9.17) is 5.11 Å². The van der Waals surface area contributed by atoms with E-state index < -0.39 is 40.8 Å². The number of aromatic carboxylic acids is 1. The zero-order chi connectivity index (χ0) is 15.7. The highest BCUT2D eigenvalue weighted by molar-refractivity contribution is 6.01. The minimum atomic E-state index is -1.46. The van der Waals surface area contributed by atoms with Crippen LogP contribution in [0, 0.1) is 11.6 Å². The number of likely N-dealkylation sites (N-methyl/N-ethyl adjacent to an activating group) is 1. The van der Waals surface area contributed by atoms with E-state index in [9.17, 15) is 23.2 Å². The fourth-order valence-electron chi connectivity index (χ4n) is 2.06. The fourth-order valence-corrected chi connectivity index (χ4v) is 2.06. The summed E-state index contributed by atoms with van der Waals surface area (Å²) in [5.41, 5.74) is -1.11. The molecule has 1 atom stereocenters. The van der Waals surface area contributed by atoms with Gasteiger partial charge >= 0.3 is 5.97 Å². The number of anilines is 1. The van der Waals surface area contributed by atoms with Crippen molar-refractivity contribution in [2.24, 2.45) is 0 Å². The van der Waals surface area contributed by atoms with Gasteiger partial charge in [0.15, 0.2) is 0 Å². The number of carboxylic acids is 1. The van der Waals surface area contributed by atoms with Gasteiger partial charge in [0.2, 0.25) is 5.91 Å².